The zero-order chi connectivity index (χ0) is 17.8. The highest BCUT2D eigenvalue weighted by atomic mass is 35.5. The summed E-state index contributed by atoms with van der Waals surface area (Å²) in [6.45, 7) is 0. The van der Waals surface area contributed by atoms with Crippen LogP contribution >= 0.6 is 11.6 Å². The van der Waals surface area contributed by atoms with Crippen molar-refractivity contribution in [3.63, 3.8) is 0 Å². The number of ether oxygens (including phenoxy) is 2. The maximum atomic E-state index is 12.6. The Labute approximate surface area is 149 Å². The monoisotopic (exact) mass is 357 g/mol. The van der Waals surface area contributed by atoms with Crippen LogP contribution in [-0.4, -0.2) is 29.9 Å². The summed E-state index contributed by atoms with van der Waals surface area (Å²) in [4.78, 5) is 12.6. The number of carbonyl (C=O) groups is 1. The number of benzene rings is 2. The molecule has 1 N–H and O–H groups in total. The van der Waals surface area contributed by atoms with E-state index in [0.717, 1.165) is 5.69 Å². The predicted octanol–water partition coefficient (Wildman–Crippen LogP) is 3.80. The van der Waals surface area contributed by atoms with E-state index in [-0.39, 0.29) is 16.6 Å². The van der Waals surface area contributed by atoms with Crippen molar-refractivity contribution in [3.05, 3.63) is 65.4 Å². The number of nitrogens with zero attached hydrogens (tertiary/aromatic N) is 2. The van der Waals surface area contributed by atoms with Crippen molar-refractivity contribution in [2.75, 3.05) is 19.5 Å². The molecule has 0 saturated heterocycles. The van der Waals surface area contributed by atoms with Crippen LogP contribution in [0.3, 0.4) is 0 Å². The van der Waals surface area contributed by atoms with Crippen LogP contribution in [0.25, 0.3) is 5.69 Å². The number of aromatic nitrogens is 2. The van der Waals surface area contributed by atoms with E-state index in [9.17, 15) is 4.79 Å². The Kier molecular flexibility index (Phi) is 4.90. The van der Waals surface area contributed by atoms with Crippen molar-refractivity contribution >= 4 is 23.2 Å². The van der Waals surface area contributed by atoms with Gasteiger partial charge in [-0.2, -0.15) is 5.10 Å². The molecule has 6 nitrogen and oxygen atoms in total. The number of halogens is 1. The van der Waals surface area contributed by atoms with Crippen molar-refractivity contribution in [3.8, 4) is 17.2 Å². The van der Waals surface area contributed by atoms with Gasteiger partial charge in [-0.05, 0) is 24.3 Å². The Morgan fingerprint density at radius 1 is 1.12 bits per heavy atom. The maximum Gasteiger partial charge on any atom is 0.260 e. The molecule has 0 aliphatic rings. The summed E-state index contributed by atoms with van der Waals surface area (Å²) in [7, 11) is 3.08. The van der Waals surface area contributed by atoms with Gasteiger partial charge >= 0.3 is 0 Å². The number of anilines is 1. The summed E-state index contributed by atoms with van der Waals surface area (Å²) in [5, 5.41) is 7.20. The molecule has 0 aliphatic heterocycles. The molecule has 1 aromatic heterocycles. The van der Waals surface area contributed by atoms with Crippen LogP contribution in [0.1, 0.15) is 10.4 Å². The van der Waals surface area contributed by atoms with Crippen LogP contribution in [0.5, 0.6) is 11.5 Å². The molecule has 7 heteroatoms. The first-order chi connectivity index (χ1) is 12.1. The minimum atomic E-state index is -0.379. The van der Waals surface area contributed by atoms with Crippen molar-refractivity contribution in [1.29, 1.82) is 0 Å². The number of amides is 1. The molecule has 1 heterocycles. The molecule has 2 aromatic carbocycles. The van der Waals surface area contributed by atoms with Gasteiger partial charge in [0.25, 0.3) is 5.91 Å². The van der Waals surface area contributed by atoms with Crippen LogP contribution in [-0.2, 0) is 0 Å². The van der Waals surface area contributed by atoms with Gasteiger partial charge in [-0.3, -0.25) is 4.79 Å². The van der Waals surface area contributed by atoms with Crippen molar-refractivity contribution in [1.82, 2.24) is 9.78 Å². The van der Waals surface area contributed by atoms with E-state index < -0.39 is 0 Å². The Balaban J connectivity index is 1.87. The van der Waals surface area contributed by atoms with Crippen LogP contribution in [0, 0.1) is 0 Å². The highest BCUT2D eigenvalue weighted by Gasteiger charge is 2.18. The van der Waals surface area contributed by atoms with Gasteiger partial charge in [0.2, 0.25) is 0 Å². The second-order valence-electron chi connectivity index (χ2n) is 5.12. The number of nitrogens with one attached hydrogen (secondary N) is 1. The fraction of sp³-hybridized carbons (Fsp3) is 0.111. The highest BCUT2D eigenvalue weighted by molar-refractivity contribution is 6.33. The first-order valence-electron chi connectivity index (χ1n) is 7.46. The molecule has 0 aliphatic carbocycles. The molecule has 0 saturated carbocycles. The molecule has 25 heavy (non-hydrogen) atoms. The van der Waals surface area contributed by atoms with E-state index in [4.69, 9.17) is 21.1 Å². The van der Waals surface area contributed by atoms with Gasteiger partial charge < -0.3 is 14.8 Å². The number of hydrogen-bond donors (Lipinski definition) is 1. The summed E-state index contributed by atoms with van der Waals surface area (Å²) in [5.41, 5.74) is 1.55. The lowest BCUT2D eigenvalue weighted by atomic mass is 10.2. The zero-order valence-corrected chi connectivity index (χ0v) is 14.4. The minimum Gasteiger partial charge on any atom is -0.497 e. The smallest absolute Gasteiger partial charge is 0.260 e. The summed E-state index contributed by atoms with van der Waals surface area (Å²) in [5.74, 6) is 0.736. The van der Waals surface area contributed by atoms with Gasteiger partial charge in [0.05, 0.1) is 37.4 Å². The third-order valence-corrected chi connectivity index (χ3v) is 3.98. The average molecular weight is 358 g/mol. The van der Waals surface area contributed by atoms with Gasteiger partial charge in [-0.1, -0.05) is 29.8 Å². The number of para-hydroxylation sites is 1. The van der Waals surface area contributed by atoms with E-state index in [1.165, 1.54) is 18.0 Å². The van der Waals surface area contributed by atoms with Crippen LogP contribution in [0.4, 0.5) is 5.69 Å². The minimum absolute atomic E-state index is 0.233. The van der Waals surface area contributed by atoms with E-state index in [1.54, 1.807) is 25.3 Å². The molecule has 3 aromatic rings. The number of hydrogen-bond acceptors (Lipinski definition) is 4. The largest absolute Gasteiger partial charge is 0.497 e. The third-order valence-electron chi connectivity index (χ3n) is 3.61. The average Bonchev–Trinajstić information content (AvgIpc) is 3.04. The fourth-order valence-electron chi connectivity index (χ4n) is 2.33. The molecule has 0 unspecified atom stereocenters. The molecule has 0 atom stereocenters. The SMILES string of the molecule is COc1ccc(NC(=O)c2cnn(-c3ccccc3)c2Cl)c(OC)c1. The van der Waals surface area contributed by atoms with Crippen LogP contribution in [0.15, 0.2) is 54.7 Å². The summed E-state index contributed by atoms with van der Waals surface area (Å²) >= 11 is 6.33. The number of rotatable bonds is 5. The lowest BCUT2D eigenvalue weighted by Gasteiger charge is -2.11. The van der Waals surface area contributed by atoms with Crippen molar-refractivity contribution in [2.24, 2.45) is 0 Å². The molecule has 0 radical (unpaired) electrons. The Morgan fingerprint density at radius 2 is 1.88 bits per heavy atom. The molecule has 1 amide bonds. The number of methoxy groups -OCH3 is 2. The van der Waals surface area contributed by atoms with Crippen molar-refractivity contribution in [2.45, 2.75) is 0 Å². The molecular weight excluding hydrogens is 342 g/mol. The lowest BCUT2D eigenvalue weighted by molar-refractivity contribution is 0.102. The molecule has 128 valence electrons. The summed E-state index contributed by atoms with van der Waals surface area (Å²) in [6.07, 6.45) is 1.43. The van der Waals surface area contributed by atoms with Crippen molar-refractivity contribution < 1.29 is 14.3 Å². The molecule has 3 rings (SSSR count). The Morgan fingerprint density at radius 3 is 2.56 bits per heavy atom. The van der Waals surface area contributed by atoms with Gasteiger partial charge in [-0.25, -0.2) is 4.68 Å². The first-order valence-corrected chi connectivity index (χ1v) is 7.84. The quantitative estimate of drug-likeness (QED) is 0.754. The van der Waals surface area contributed by atoms with Gasteiger partial charge in [0.15, 0.2) is 0 Å². The lowest BCUT2D eigenvalue weighted by Crippen LogP contribution is -2.12. The van der Waals surface area contributed by atoms with Crippen LogP contribution in [0.2, 0.25) is 5.15 Å². The Hall–Kier alpha value is -2.99. The van der Waals surface area contributed by atoms with E-state index >= 15 is 0 Å². The van der Waals surface area contributed by atoms with E-state index in [2.05, 4.69) is 10.4 Å². The first kappa shape index (κ1) is 16.9. The molecule has 0 bridgehead atoms. The molecule has 0 fully saturated rings. The van der Waals surface area contributed by atoms with E-state index in [1.807, 2.05) is 30.3 Å². The second kappa shape index (κ2) is 7.27. The zero-order valence-electron chi connectivity index (χ0n) is 13.7. The fourth-order valence-corrected chi connectivity index (χ4v) is 2.60. The Bertz CT molecular complexity index is 894. The highest BCUT2D eigenvalue weighted by Crippen LogP contribution is 2.30. The molecular formula is C18H16ClN3O3. The van der Waals surface area contributed by atoms with E-state index in [0.29, 0.717) is 17.2 Å². The molecule has 0 spiro atoms. The van der Waals surface area contributed by atoms with Gasteiger partial charge in [0.1, 0.15) is 16.7 Å². The summed E-state index contributed by atoms with van der Waals surface area (Å²) in [6, 6.07) is 14.5. The van der Waals surface area contributed by atoms with Gasteiger partial charge in [-0.15, -0.1) is 0 Å². The van der Waals surface area contributed by atoms with Crippen LogP contribution < -0.4 is 14.8 Å². The standard InChI is InChI=1S/C18H16ClN3O3/c1-24-13-8-9-15(16(10-13)25-2)21-18(23)14-11-20-22(17(14)19)12-6-4-3-5-7-12/h3-11H,1-2H3,(H,21,23). The second-order valence-corrected chi connectivity index (χ2v) is 5.47. The topological polar surface area (TPSA) is 65.4 Å². The number of carbonyl (C=O) groups excluding carboxylic acids is 1. The maximum absolute atomic E-state index is 12.6. The van der Waals surface area contributed by atoms with Gasteiger partial charge in [0, 0.05) is 6.07 Å². The summed E-state index contributed by atoms with van der Waals surface area (Å²) < 4.78 is 11.9. The predicted molar refractivity (Wildman–Crippen MR) is 96.1 cm³/mol. The third kappa shape index (κ3) is 3.44. The normalized spacial score (nSPS) is 10.4.